The Morgan fingerprint density at radius 2 is 1.76 bits per heavy atom. The Kier molecular flexibility index (Phi) is 2.97. The van der Waals surface area contributed by atoms with Crippen molar-refractivity contribution in [3.05, 3.63) is 54.1 Å². The van der Waals surface area contributed by atoms with E-state index in [0.717, 1.165) is 6.42 Å². The van der Waals surface area contributed by atoms with Crippen LogP contribution in [0, 0.1) is 0 Å². The van der Waals surface area contributed by atoms with E-state index in [2.05, 4.69) is 5.32 Å². The SMILES string of the molecule is O=C(O)Nc1ccc(C2(O)C=CCC=C2)cc1. The summed E-state index contributed by atoms with van der Waals surface area (Å²) in [5.41, 5.74) is 0.106. The van der Waals surface area contributed by atoms with Gasteiger partial charge in [-0.25, -0.2) is 4.79 Å². The quantitative estimate of drug-likeness (QED) is 0.685. The number of amides is 1. The minimum atomic E-state index is -1.10. The number of nitrogens with one attached hydrogen (secondary N) is 1. The predicted molar refractivity (Wildman–Crippen MR) is 64.9 cm³/mol. The normalized spacial score (nSPS) is 16.8. The Bertz CT molecular complexity index is 462. The minimum Gasteiger partial charge on any atom is -0.465 e. The minimum absolute atomic E-state index is 0.480. The lowest BCUT2D eigenvalue weighted by molar-refractivity contribution is 0.141. The molecule has 0 unspecified atom stereocenters. The monoisotopic (exact) mass is 231 g/mol. The van der Waals surface area contributed by atoms with Crippen molar-refractivity contribution in [2.24, 2.45) is 0 Å². The number of hydrogen-bond donors (Lipinski definition) is 3. The van der Waals surface area contributed by atoms with Crippen molar-refractivity contribution in [2.45, 2.75) is 12.0 Å². The van der Waals surface area contributed by atoms with Gasteiger partial charge in [-0.15, -0.1) is 0 Å². The highest BCUT2D eigenvalue weighted by Crippen LogP contribution is 2.28. The largest absolute Gasteiger partial charge is 0.465 e. The van der Waals surface area contributed by atoms with Crippen molar-refractivity contribution < 1.29 is 15.0 Å². The molecule has 1 amide bonds. The molecule has 0 aliphatic heterocycles. The summed E-state index contributed by atoms with van der Waals surface area (Å²) in [5.74, 6) is 0. The number of carboxylic acid groups (broad SMARTS) is 1. The van der Waals surface area contributed by atoms with Gasteiger partial charge in [0.1, 0.15) is 5.60 Å². The molecule has 4 heteroatoms. The molecule has 4 nitrogen and oxygen atoms in total. The number of allylic oxidation sites excluding steroid dienone is 2. The van der Waals surface area contributed by atoms with Crippen LogP contribution >= 0.6 is 0 Å². The van der Waals surface area contributed by atoms with Crippen LogP contribution in [0.2, 0.25) is 0 Å². The van der Waals surface area contributed by atoms with Gasteiger partial charge < -0.3 is 10.2 Å². The van der Waals surface area contributed by atoms with Crippen molar-refractivity contribution in [3.8, 4) is 0 Å². The van der Waals surface area contributed by atoms with E-state index >= 15 is 0 Å². The third kappa shape index (κ3) is 2.54. The van der Waals surface area contributed by atoms with Gasteiger partial charge in [0.05, 0.1) is 0 Å². The zero-order valence-electron chi connectivity index (χ0n) is 9.13. The van der Waals surface area contributed by atoms with Crippen molar-refractivity contribution in [1.29, 1.82) is 0 Å². The highest BCUT2D eigenvalue weighted by Gasteiger charge is 2.23. The summed E-state index contributed by atoms with van der Waals surface area (Å²) in [4.78, 5) is 10.4. The molecule has 3 N–H and O–H groups in total. The molecular formula is C13H13NO3. The first-order chi connectivity index (χ1) is 8.10. The number of carbonyl (C=O) groups is 1. The van der Waals surface area contributed by atoms with E-state index < -0.39 is 11.7 Å². The summed E-state index contributed by atoms with van der Waals surface area (Å²) in [6, 6.07) is 6.64. The topological polar surface area (TPSA) is 69.6 Å². The Morgan fingerprint density at radius 3 is 2.29 bits per heavy atom. The van der Waals surface area contributed by atoms with Gasteiger partial charge in [0, 0.05) is 5.69 Å². The number of anilines is 1. The van der Waals surface area contributed by atoms with Crippen LogP contribution in [0.3, 0.4) is 0 Å². The molecule has 0 atom stereocenters. The van der Waals surface area contributed by atoms with Crippen LogP contribution in [0.5, 0.6) is 0 Å². The Labute approximate surface area is 98.9 Å². The third-order valence-electron chi connectivity index (χ3n) is 2.61. The standard InChI is InChI=1S/C13H13NO3/c15-12(16)14-11-6-4-10(5-7-11)13(17)8-2-1-3-9-13/h2-9,14,17H,1H2,(H,15,16). The molecule has 0 aromatic heterocycles. The van der Waals surface area contributed by atoms with Crippen LogP contribution in [-0.2, 0) is 5.60 Å². The number of hydrogen-bond acceptors (Lipinski definition) is 2. The van der Waals surface area contributed by atoms with Crippen molar-refractivity contribution in [3.63, 3.8) is 0 Å². The fourth-order valence-electron chi connectivity index (χ4n) is 1.77. The van der Waals surface area contributed by atoms with E-state index in [9.17, 15) is 9.90 Å². The number of benzene rings is 1. The lowest BCUT2D eigenvalue weighted by Crippen LogP contribution is -2.21. The molecule has 0 heterocycles. The fourth-order valence-corrected chi connectivity index (χ4v) is 1.77. The zero-order valence-corrected chi connectivity index (χ0v) is 9.13. The van der Waals surface area contributed by atoms with E-state index in [-0.39, 0.29) is 0 Å². The summed E-state index contributed by atoms with van der Waals surface area (Å²) >= 11 is 0. The molecule has 0 bridgehead atoms. The van der Waals surface area contributed by atoms with Crippen LogP contribution < -0.4 is 5.32 Å². The van der Waals surface area contributed by atoms with Crippen LogP contribution in [0.25, 0.3) is 0 Å². The summed E-state index contributed by atoms with van der Waals surface area (Å²) in [6.45, 7) is 0. The van der Waals surface area contributed by atoms with Crippen LogP contribution in [-0.4, -0.2) is 16.3 Å². The maximum absolute atomic E-state index is 10.4. The summed E-state index contributed by atoms with van der Waals surface area (Å²) in [7, 11) is 0. The average Bonchev–Trinajstić information content (AvgIpc) is 2.30. The Balaban J connectivity index is 2.23. The zero-order chi connectivity index (χ0) is 12.3. The second-order valence-electron chi connectivity index (χ2n) is 3.87. The van der Waals surface area contributed by atoms with Gasteiger partial charge in [0.25, 0.3) is 0 Å². The molecule has 88 valence electrons. The third-order valence-corrected chi connectivity index (χ3v) is 2.61. The van der Waals surface area contributed by atoms with Crippen molar-refractivity contribution in [1.82, 2.24) is 0 Å². The second kappa shape index (κ2) is 4.43. The molecule has 1 aromatic carbocycles. The highest BCUT2D eigenvalue weighted by atomic mass is 16.4. The summed E-state index contributed by atoms with van der Waals surface area (Å²) in [6.07, 6.45) is 6.96. The Morgan fingerprint density at radius 1 is 1.18 bits per heavy atom. The van der Waals surface area contributed by atoms with Gasteiger partial charge in [-0.1, -0.05) is 24.3 Å². The maximum Gasteiger partial charge on any atom is 0.409 e. The smallest absolute Gasteiger partial charge is 0.409 e. The lowest BCUT2D eigenvalue weighted by atomic mass is 9.90. The highest BCUT2D eigenvalue weighted by molar-refractivity contribution is 5.82. The first kappa shape index (κ1) is 11.4. The van der Waals surface area contributed by atoms with Gasteiger partial charge in [-0.05, 0) is 36.3 Å². The molecule has 0 radical (unpaired) electrons. The molecule has 17 heavy (non-hydrogen) atoms. The molecule has 1 aromatic rings. The van der Waals surface area contributed by atoms with Crippen LogP contribution in [0.15, 0.2) is 48.6 Å². The first-order valence-electron chi connectivity index (χ1n) is 5.28. The number of aliphatic hydroxyl groups is 1. The molecule has 1 aliphatic carbocycles. The van der Waals surface area contributed by atoms with Gasteiger partial charge in [0.2, 0.25) is 0 Å². The van der Waals surface area contributed by atoms with Gasteiger partial charge in [-0.3, -0.25) is 5.32 Å². The molecule has 0 fully saturated rings. The van der Waals surface area contributed by atoms with Crippen LogP contribution in [0.4, 0.5) is 10.5 Å². The van der Waals surface area contributed by atoms with Gasteiger partial charge in [-0.2, -0.15) is 0 Å². The van der Waals surface area contributed by atoms with Gasteiger partial charge >= 0.3 is 6.09 Å². The predicted octanol–water partition coefficient (Wildman–Crippen LogP) is 2.48. The van der Waals surface area contributed by atoms with E-state index in [1.165, 1.54) is 0 Å². The van der Waals surface area contributed by atoms with Crippen molar-refractivity contribution >= 4 is 11.8 Å². The number of rotatable bonds is 2. The average molecular weight is 231 g/mol. The van der Waals surface area contributed by atoms with E-state index in [1.54, 1.807) is 36.4 Å². The summed E-state index contributed by atoms with van der Waals surface area (Å²) in [5, 5.41) is 21.1. The van der Waals surface area contributed by atoms with Crippen LogP contribution in [0.1, 0.15) is 12.0 Å². The second-order valence-corrected chi connectivity index (χ2v) is 3.87. The molecule has 2 rings (SSSR count). The molecule has 1 aliphatic rings. The first-order valence-corrected chi connectivity index (χ1v) is 5.28. The maximum atomic E-state index is 10.4. The van der Waals surface area contributed by atoms with Crippen molar-refractivity contribution in [2.75, 3.05) is 5.32 Å². The lowest BCUT2D eigenvalue weighted by Gasteiger charge is -2.23. The Hall–Kier alpha value is -2.07. The molecular weight excluding hydrogens is 218 g/mol. The molecule has 0 saturated heterocycles. The van der Waals surface area contributed by atoms with E-state index in [4.69, 9.17) is 5.11 Å². The van der Waals surface area contributed by atoms with E-state index in [1.807, 2.05) is 12.2 Å². The molecule has 0 saturated carbocycles. The fraction of sp³-hybridized carbons (Fsp3) is 0.154. The van der Waals surface area contributed by atoms with E-state index in [0.29, 0.717) is 11.3 Å². The van der Waals surface area contributed by atoms with Gasteiger partial charge in [0.15, 0.2) is 0 Å². The summed E-state index contributed by atoms with van der Waals surface area (Å²) < 4.78 is 0. The molecule has 0 spiro atoms.